The maximum atomic E-state index is 11.9. The standard InChI is InChI=1S/C13H27N3O2/c1-11(13(17)15-8-5-9-18-3)16(2)10-12-6-4-7-14-12/h11-12,14H,4-10H2,1-3H3,(H,15,17). The average molecular weight is 257 g/mol. The quantitative estimate of drug-likeness (QED) is 0.611. The first-order valence-corrected chi connectivity index (χ1v) is 6.85. The first-order chi connectivity index (χ1) is 8.65. The van der Waals surface area contributed by atoms with Crippen LogP contribution in [0.15, 0.2) is 0 Å². The van der Waals surface area contributed by atoms with Crippen molar-refractivity contribution < 1.29 is 9.53 Å². The Hall–Kier alpha value is -0.650. The Morgan fingerprint density at radius 2 is 2.39 bits per heavy atom. The molecule has 2 N–H and O–H groups in total. The van der Waals surface area contributed by atoms with Crippen molar-refractivity contribution in [1.29, 1.82) is 0 Å². The second-order valence-corrected chi connectivity index (χ2v) is 5.05. The van der Waals surface area contributed by atoms with E-state index in [-0.39, 0.29) is 11.9 Å². The van der Waals surface area contributed by atoms with Crippen LogP contribution in [0.25, 0.3) is 0 Å². The van der Waals surface area contributed by atoms with Crippen molar-refractivity contribution in [3.8, 4) is 0 Å². The summed E-state index contributed by atoms with van der Waals surface area (Å²) in [5.74, 6) is 0.103. The van der Waals surface area contributed by atoms with E-state index in [2.05, 4.69) is 15.5 Å². The number of carbonyl (C=O) groups excluding carboxylic acids is 1. The van der Waals surface area contributed by atoms with Gasteiger partial charge in [-0.3, -0.25) is 9.69 Å². The number of nitrogens with one attached hydrogen (secondary N) is 2. The highest BCUT2D eigenvalue weighted by Crippen LogP contribution is 2.07. The molecule has 0 radical (unpaired) electrons. The highest BCUT2D eigenvalue weighted by molar-refractivity contribution is 5.81. The molecule has 2 unspecified atom stereocenters. The Labute approximate surface area is 110 Å². The number of likely N-dealkylation sites (N-methyl/N-ethyl adjacent to an activating group) is 1. The SMILES string of the molecule is COCCCNC(=O)C(C)N(C)CC1CCCN1. The van der Waals surface area contributed by atoms with Crippen molar-refractivity contribution in [1.82, 2.24) is 15.5 Å². The summed E-state index contributed by atoms with van der Waals surface area (Å²) in [5.41, 5.74) is 0. The average Bonchev–Trinajstić information content (AvgIpc) is 2.86. The molecule has 5 heteroatoms. The molecule has 0 spiro atoms. The van der Waals surface area contributed by atoms with Gasteiger partial charge in [0.1, 0.15) is 0 Å². The van der Waals surface area contributed by atoms with Gasteiger partial charge in [-0.15, -0.1) is 0 Å². The summed E-state index contributed by atoms with van der Waals surface area (Å²) in [6.45, 7) is 5.38. The van der Waals surface area contributed by atoms with Gasteiger partial charge in [0.15, 0.2) is 0 Å². The molecule has 1 fully saturated rings. The summed E-state index contributed by atoms with van der Waals surface area (Å²) >= 11 is 0. The number of ether oxygens (including phenoxy) is 1. The predicted octanol–water partition coefficient (Wildman–Crippen LogP) is 0.211. The fourth-order valence-corrected chi connectivity index (χ4v) is 2.19. The third-order valence-corrected chi connectivity index (χ3v) is 3.54. The molecule has 18 heavy (non-hydrogen) atoms. The zero-order chi connectivity index (χ0) is 13.4. The number of hydrogen-bond acceptors (Lipinski definition) is 4. The molecule has 0 saturated carbocycles. The van der Waals surface area contributed by atoms with Gasteiger partial charge in [0.05, 0.1) is 6.04 Å². The van der Waals surface area contributed by atoms with Gasteiger partial charge in [0.25, 0.3) is 0 Å². The normalized spacial score (nSPS) is 21.2. The summed E-state index contributed by atoms with van der Waals surface area (Å²) in [6, 6.07) is 0.466. The van der Waals surface area contributed by atoms with Gasteiger partial charge in [-0.25, -0.2) is 0 Å². The first kappa shape index (κ1) is 15.4. The van der Waals surface area contributed by atoms with Gasteiger partial charge in [0, 0.05) is 32.8 Å². The highest BCUT2D eigenvalue weighted by atomic mass is 16.5. The van der Waals surface area contributed by atoms with Crippen LogP contribution in [-0.4, -0.2) is 63.3 Å². The van der Waals surface area contributed by atoms with Gasteiger partial charge in [0.2, 0.25) is 5.91 Å². The van der Waals surface area contributed by atoms with Crippen molar-refractivity contribution in [3.05, 3.63) is 0 Å². The Morgan fingerprint density at radius 1 is 1.61 bits per heavy atom. The highest BCUT2D eigenvalue weighted by Gasteiger charge is 2.22. The van der Waals surface area contributed by atoms with Crippen molar-refractivity contribution in [2.24, 2.45) is 0 Å². The minimum absolute atomic E-state index is 0.0741. The molecule has 1 heterocycles. The van der Waals surface area contributed by atoms with E-state index in [1.807, 2.05) is 14.0 Å². The largest absolute Gasteiger partial charge is 0.385 e. The first-order valence-electron chi connectivity index (χ1n) is 6.85. The minimum Gasteiger partial charge on any atom is -0.385 e. The minimum atomic E-state index is -0.0741. The van der Waals surface area contributed by atoms with Crippen molar-refractivity contribution >= 4 is 5.91 Å². The molecular weight excluding hydrogens is 230 g/mol. The summed E-state index contributed by atoms with van der Waals surface area (Å²) in [6.07, 6.45) is 3.32. The molecule has 5 nitrogen and oxygen atoms in total. The van der Waals surface area contributed by atoms with Gasteiger partial charge in [-0.1, -0.05) is 0 Å². The maximum absolute atomic E-state index is 11.9. The molecule has 2 atom stereocenters. The third-order valence-electron chi connectivity index (χ3n) is 3.54. The second kappa shape index (κ2) is 8.45. The van der Waals surface area contributed by atoms with Crippen molar-refractivity contribution in [3.63, 3.8) is 0 Å². The van der Waals surface area contributed by atoms with E-state index in [4.69, 9.17) is 4.74 Å². The number of amides is 1. The van der Waals surface area contributed by atoms with E-state index in [1.54, 1.807) is 7.11 Å². The van der Waals surface area contributed by atoms with Crippen LogP contribution in [-0.2, 0) is 9.53 Å². The van der Waals surface area contributed by atoms with Gasteiger partial charge < -0.3 is 15.4 Å². The molecule has 1 rings (SSSR count). The zero-order valence-corrected chi connectivity index (χ0v) is 11.9. The molecular formula is C13H27N3O2. The topological polar surface area (TPSA) is 53.6 Å². The lowest BCUT2D eigenvalue weighted by Gasteiger charge is -2.26. The molecule has 0 aliphatic carbocycles. The smallest absolute Gasteiger partial charge is 0.237 e. The third kappa shape index (κ3) is 5.33. The molecule has 1 saturated heterocycles. The lowest BCUT2D eigenvalue weighted by molar-refractivity contribution is -0.125. The zero-order valence-electron chi connectivity index (χ0n) is 11.9. The van der Waals surface area contributed by atoms with Crippen LogP contribution in [0.2, 0.25) is 0 Å². The Bertz CT molecular complexity index is 242. The van der Waals surface area contributed by atoms with Crippen LogP contribution in [0.4, 0.5) is 0 Å². The van der Waals surface area contributed by atoms with Gasteiger partial charge >= 0.3 is 0 Å². The van der Waals surface area contributed by atoms with Crippen LogP contribution >= 0.6 is 0 Å². The van der Waals surface area contributed by atoms with E-state index < -0.39 is 0 Å². The number of hydrogen-bond donors (Lipinski definition) is 2. The van der Waals surface area contributed by atoms with E-state index >= 15 is 0 Å². The summed E-state index contributed by atoms with van der Waals surface area (Å²) < 4.78 is 4.95. The van der Waals surface area contributed by atoms with Crippen molar-refractivity contribution in [2.75, 3.05) is 40.4 Å². The van der Waals surface area contributed by atoms with Crippen LogP contribution in [0, 0.1) is 0 Å². The predicted molar refractivity (Wildman–Crippen MR) is 72.6 cm³/mol. The molecule has 0 aromatic carbocycles. The fourth-order valence-electron chi connectivity index (χ4n) is 2.19. The number of carbonyl (C=O) groups is 1. The lowest BCUT2D eigenvalue weighted by atomic mass is 10.2. The van der Waals surface area contributed by atoms with E-state index in [0.29, 0.717) is 19.2 Å². The molecule has 0 bridgehead atoms. The maximum Gasteiger partial charge on any atom is 0.237 e. The second-order valence-electron chi connectivity index (χ2n) is 5.05. The molecule has 1 amide bonds. The van der Waals surface area contributed by atoms with E-state index in [9.17, 15) is 4.79 Å². The summed E-state index contributed by atoms with van der Waals surface area (Å²) in [4.78, 5) is 14.0. The summed E-state index contributed by atoms with van der Waals surface area (Å²) in [5, 5.41) is 6.39. The number of nitrogens with zero attached hydrogens (tertiary/aromatic N) is 1. The summed E-state index contributed by atoms with van der Waals surface area (Å²) in [7, 11) is 3.69. The fraction of sp³-hybridized carbons (Fsp3) is 0.923. The molecule has 1 aliphatic rings. The monoisotopic (exact) mass is 257 g/mol. The van der Waals surface area contributed by atoms with E-state index in [1.165, 1.54) is 12.8 Å². The van der Waals surface area contributed by atoms with Crippen molar-refractivity contribution in [2.45, 2.75) is 38.3 Å². The number of methoxy groups -OCH3 is 1. The lowest BCUT2D eigenvalue weighted by Crippen LogP contribution is -2.47. The Balaban J connectivity index is 2.19. The van der Waals surface area contributed by atoms with E-state index in [0.717, 1.165) is 19.5 Å². The molecule has 1 aliphatic heterocycles. The molecule has 0 aromatic heterocycles. The van der Waals surface area contributed by atoms with Gasteiger partial charge in [-0.2, -0.15) is 0 Å². The van der Waals surface area contributed by atoms with Crippen LogP contribution in [0.1, 0.15) is 26.2 Å². The Morgan fingerprint density at radius 3 is 3.00 bits per heavy atom. The Kier molecular flexibility index (Phi) is 7.23. The number of rotatable bonds is 8. The molecule has 0 aromatic rings. The van der Waals surface area contributed by atoms with Crippen LogP contribution in [0.3, 0.4) is 0 Å². The molecule has 106 valence electrons. The van der Waals surface area contributed by atoms with Crippen LogP contribution in [0.5, 0.6) is 0 Å². The van der Waals surface area contributed by atoms with Gasteiger partial charge in [-0.05, 0) is 39.8 Å². The van der Waals surface area contributed by atoms with Crippen LogP contribution < -0.4 is 10.6 Å².